The van der Waals surface area contributed by atoms with Gasteiger partial charge in [0.25, 0.3) is 0 Å². The van der Waals surface area contributed by atoms with Crippen molar-refractivity contribution in [1.82, 2.24) is 9.55 Å². The Bertz CT molecular complexity index is 476. The maximum Gasteiger partial charge on any atom is 0.112 e. The molecule has 4 heteroatoms. The smallest absolute Gasteiger partial charge is 0.112 e. The summed E-state index contributed by atoms with van der Waals surface area (Å²) in [6.45, 7) is 2.06. The Morgan fingerprint density at radius 3 is 2.93 bits per heavy atom. The fourth-order valence-corrected chi connectivity index (χ4v) is 1.74. The van der Waals surface area contributed by atoms with Gasteiger partial charge in [0.2, 0.25) is 0 Å². The number of hydrogen-bond acceptors (Lipinski definition) is 2. The summed E-state index contributed by atoms with van der Waals surface area (Å²) in [6, 6.07) is 5.47. The molecule has 1 aromatic heterocycles. The van der Waals surface area contributed by atoms with Crippen molar-refractivity contribution in [3.05, 3.63) is 41.4 Å². The normalized spacial score (nSPS) is 10.5. The van der Waals surface area contributed by atoms with E-state index in [1.807, 2.05) is 22.9 Å². The molecule has 15 heavy (non-hydrogen) atoms. The Balaban J connectivity index is 2.54. The van der Waals surface area contributed by atoms with Crippen molar-refractivity contribution in [2.75, 3.05) is 5.73 Å². The second kappa shape index (κ2) is 3.95. The van der Waals surface area contributed by atoms with Crippen LogP contribution in [0.3, 0.4) is 0 Å². The van der Waals surface area contributed by atoms with Crippen LogP contribution in [0.1, 0.15) is 12.7 Å². The molecule has 0 radical (unpaired) electrons. The zero-order valence-electron chi connectivity index (χ0n) is 8.44. The van der Waals surface area contributed by atoms with E-state index in [1.165, 1.54) is 0 Å². The van der Waals surface area contributed by atoms with Gasteiger partial charge in [-0.05, 0) is 18.2 Å². The number of halogens is 1. The number of benzene rings is 1. The summed E-state index contributed by atoms with van der Waals surface area (Å²) in [4.78, 5) is 4.25. The predicted octanol–water partition coefficient (Wildman–Crippen LogP) is 2.67. The van der Waals surface area contributed by atoms with Crippen molar-refractivity contribution >= 4 is 17.3 Å². The first kappa shape index (κ1) is 10.1. The highest BCUT2D eigenvalue weighted by molar-refractivity contribution is 6.30. The van der Waals surface area contributed by atoms with Crippen LogP contribution < -0.4 is 5.73 Å². The van der Waals surface area contributed by atoms with Crippen LogP contribution in [0.4, 0.5) is 5.69 Å². The highest BCUT2D eigenvalue weighted by Gasteiger charge is 2.06. The molecule has 2 rings (SSSR count). The van der Waals surface area contributed by atoms with Gasteiger partial charge in [0.1, 0.15) is 5.82 Å². The third kappa shape index (κ3) is 1.83. The van der Waals surface area contributed by atoms with Crippen LogP contribution in [-0.2, 0) is 6.42 Å². The maximum absolute atomic E-state index is 5.90. The van der Waals surface area contributed by atoms with Crippen molar-refractivity contribution in [3.63, 3.8) is 0 Å². The first-order chi connectivity index (χ1) is 7.22. The summed E-state index contributed by atoms with van der Waals surface area (Å²) in [5, 5.41) is 0.648. The lowest BCUT2D eigenvalue weighted by atomic mass is 10.2. The molecule has 0 saturated heterocycles. The molecule has 1 heterocycles. The highest BCUT2D eigenvalue weighted by Crippen LogP contribution is 2.22. The Morgan fingerprint density at radius 1 is 1.47 bits per heavy atom. The van der Waals surface area contributed by atoms with E-state index < -0.39 is 0 Å². The molecule has 0 fully saturated rings. The number of nitrogen functional groups attached to an aromatic ring is 1. The summed E-state index contributed by atoms with van der Waals surface area (Å²) < 4.78 is 1.98. The number of imidazole rings is 1. The monoisotopic (exact) mass is 221 g/mol. The third-order valence-corrected chi connectivity index (χ3v) is 2.52. The molecule has 0 spiro atoms. The van der Waals surface area contributed by atoms with E-state index in [0.717, 1.165) is 17.9 Å². The summed E-state index contributed by atoms with van der Waals surface area (Å²) >= 11 is 5.85. The summed E-state index contributed by atoms with van der Waals surface area (Å²) in [5.41, 5.74) is 7.49. The molecule has 2 aromatic rings. The summed E-state index contributed by atoms with van der Waals surface area (Å²) in [5.74, 6) is 0.990. The van der Waals surface area contributed by atoms with Crippen molar-refractivity contribution in [2.45, 2.75) is 13.3 Å². The first-order valence-corrected chi connectivity index (χ1v) is 5.17. The average Bonchev–Trinajstić information content (AvgIpc) is 2.65. The van der Waals surface area contributed by atoms with Gasteiger partial charge in [-0.2, -0.15) is 0 Å². The van der Waals surface area contributed by atoms with Crippen molar-refractivity contribution < 1.29 is 0 Å². The Hall–Kier alpha value is -1.48. The van der Waals surface area contributed by atoms with Gasteiger partial charge in [0, 0.05) is 23.8 Å². The Labute approximate surface area is 93.5 Å². The van der Waals surface area contributed by atoms with Gasteiger partial charge in [-0.1, -0.05) is 18.5 Å². The molecule has 0 unspecified atom stereocenters. The minimum absolute atomic E-state index is 0.648. The van der Waals surface area contributed by atoms with Gasteiger partial charge in [-0.25, -0.2) is 4.98 Å². The van der Waals surface area contributed by atoms with Crippen LogP contribution in [0.2, 0.25) is 5.02 Å². The van der Waals surface area contributed by atoms with E-state index in [0.29, 0.717) is 10.7 Å². The van der Waals surface area contributed by atoms with Crippen LogP contribution in [-0.4, -0.2) is 9.55 Å². The molecule has 0 saturated carbocycles. The van der Waals surface area contributed by atoms with Crippen LogP contribution >= 0.6 is 11.6 Å². The van der Waals surface area contributed by atoms with Crippen molar-refractivity contribution in [1.29, 1.82) is 0 Å². The molecular weight excluding hydrogens is 210 g/mol. The van der Waals surface area contributed by atoms with E-state index in [4.69, 9.17) is 17.3 Å². The minimum atomic E-state index is 0.648. The van der Waals surface area contributed by atoms with Crippen LogP contribution in [0.15, 0.2) is 30.6 Å². The van der Waals surface area contributed by atoms with Gasteiger partial charge in [0.05, 0.1) is 11.4 Å². The number of rotatable bonds is 2. The fourth-order valence-electron chi connectivity index (χ4n) is 1.56. The lowest BCUT2D eigenvalue weighted by Gasteiger charge is -2.09. The molecule has 0 bridgehead atoms. The van der Waals surface area contributed by atoms with Crippen LogP contribution in [0.5, 0.6) is 0 Å². The lowest BCUT2D eigenvalue weighted by Crippen LogP contribution is -2.02. The van der Waals surface area contributed by atoms with E-state index in [-0.39, 0.29) is 0 Å². The number of aromatic nitrogens is 2. The third-order valence-electron chi connectivity index (χ3n) is 2.28. The van der Waals surface area contributed by atoms with E-state index in [9.17, 15) is 0 Å². The van der Waals surface area contributed by atoms with E-state index >= 15 is 0 Å². The molecule has 0 aliphatic rings. The Kier molecular flexibility index (Phi) is 2.64. The summed E-state index contributed by atoms with van der Waals surface area (Å²) in [7, 11) is 0. The lowest BCUT2D eigenvalue weighted by molar-refractivity contribution is 0.893. The molecule has 2 N–H and O–H groups in total. The number of anilines is 1. The van der Waals surface area contributed by atoms with Crippen LogP contribution in [0.25, 0.3) is 5.69 Å². The first-order valence-electron chi connectivity index (χ1n) is 4.80. The van der Waals surface area contributed by atoms with Crippen molar-refractivity contribution in [2.24, 2.45) is 0 Å². The quantitative estimate of drug-likeness (QED) is 0.793. The van der Waals surface area contributed by atoms with E-state index in [2.05, 4.69) is 11.9 Å². The highest BCUT2D eigenvalue weighted by atomic mass is 35.5. The maximum atomic E-state index is 5.90. The minimum Gasteiger partial charge on any atom is -0.397 e. The second-order valence-corrected chi connectivity index (χ2v) is 3.71. The molecule has 0 amide bonds. The topological polar surface area (TPSA) is 43.8 Å². The molecular formula is C11H12ClN3. The number of nitrogens with two attached hydrogens (primary N) is 1. The van der Waals surface area contributed by atoms with Gasteiger partial charge >= 0.3 is 0 Å². The molecule has 3 nitrogen and oxygen atoms in total. The van der Waals surface area contributed by atoms with Crippen LogP contribution in [0, 0.1) is 0 Å². The molecule has 78 valence electrons. The Morgan fingerprint density at radius 2 is 2.27 bits per heavy atom. The van der Waals surface area contributed by atoms with Crippen molar-refractivity contribution in [3.8, 4) is 5.69 Å². The van der Waals surface area contributed by atoms with Gasteiger partial charge in [0.15, 0.2) is 0 Å². The molecule has 0 atom stereocenters. The fraction of sp³-hybridized carbons (Fsp3) is 0.182. The largest absolute Gasteiger partial charge is 0.397 e. The van der Waals surface area contributed by atoms with E-state index in [1.54, 1.807) is 12.3 Å². The zero-order chi connectivity index (χ0) is 10.8. The molecule has 1 aromatic carbocycles. The predicted molar refractivity (Wildman–Crippen MR) is 62.4 cm³/mol. The number of hydrogen-bond donors (Lipinski definition) is 1. The van der Waals surface area contributed by atoms with Gasteiger partial charge < -0.3 is 10.3 Å². The summed E-state index contributed by atoms with van der Waals surface area (Å²) in [6.07, 6.45) is 4.54. The average molecular weight is 222 g/mol. The van der Waals surface area contributed by atoms with Gasteiger partial charge in [-0.3, -0.25) is 0 Å². The van der Waals surface area contributed by atoms with Gasteiger partial charge in [-0.15, -0.1) is 0 Å². The number of nitrogens with zero attached hydrogens (tertiary/aromatic N) is 2. The molecule has 0 aliphatic carbocycles. The number of aryl methyl sites for hydroxylation is 1. The zero-order valence-corrected chi connectivity index (χ0v) is 9.20. The second-order valence-electron chi connectivity index (χ2n) is 3.27. The standard InChI is InChI=1S/C11H12ClN3/c1-2-11-14-5-6-15(11)10-4-3-8(12)7-9(10)13/h3-7H,2,13H2,1H3. The SMILES string of the molecule is CCc1nccn1-c1ccc(Cl)cc1N. The molecule has 0 aliphatic heterocycles.